The van der Waals surface area contributed by atoms with Gasteiger partial charge in [0.15, 0.2) is 5.58 Å². The van der Waals surface area contributed by atoms with Crippen LogP contribution in [-0.2, 0) is 4.74 Å². The number of carbonyl (C=O) groups excluding carboxylic acids is 2. The van der Waals surface area contributed by atoms with E-state index in [1.807, 2.05) is 60.7 Å². The molecule has 2 fully saturated rings. The molecular formula is C34H36N4O4. The fraction of sp³-hybridized carbons (Fsp3) is 0.353. The number of anilines is 1. The smallest absolute Gasteiger partial charge is 0.414 e. The number of benzene rings is 3. The van der Waals surface area contributed by atoms with Gasteiger partial charge in [0, 0.05) is 28.9 Å². The van der Waals surface area contributed by atoms with Crippen molar-refractivity contribution in [1.29, 1.82) is 5.26 Å². The monoisotopic (exact) mass is 564 g/mol. The molecule has 0 bridgehead atoms. The molecule has 0 radical (unpaired) electrons. The largest absolute Gasteiger partial charge is 0.447 e. The third-order valence-corrected chi connectivity index (χ3v) is 7.77. The van der Waals surface area contributed by atoms with Gasteiger partial charge in [-0.2, -0.15) is 5.26 Å². The summed E-state index contributed by atoms with van der Waals surface area (Å²) in [5, 5.41) is 12.4. The highest BCUT2D eigenvalue weighted by atomic mass is 16.6. The summed E-state index contributed by atoms with van der Waals surface area (Å²) in [6.45, 7) is 6.04. The van der Waals surface area contributed by atoms with Crippen LogP contribution in [0.3, 0.4) is 0 Å². The molecule has 2 amide bonds. The Morgan fingerprint density at radius 2 is 1.81 bits per heavy atom. The van der Waals surface area contributed by atoms with E-state index >= 15 is 0 Å². The maximum absolute atomic E-state index is 12.5. The van der Waals surface area contributed by atoms with E-state index in [4.69, 9.17) is 9.15 Å². The Morgan fingerprint density at radius 1 is 1.07 bits per heavy atom. The van der Waals surface area contributed by atoms with E-state index < -0.39 is 0 Å². The quantitative estimate of drug-likeness (QED) is 0.261. The van der Waals surface area contributed by atoms with Crippen LogP contribution in [0.4, 0.5) is 10.5 Å². The van der Waals surface area contributed by atoms with Gasteiger partial charge < -0.3 is 14.5 Å². The molecule has 6 rings (SSSR count). The minimum Gasteiger partial charge on any atom is -0.447 e. The highest BCUT2D eigenvalue weighted by Gasteiger charge is 2.23. The van der Waals surface area contributed by atoms with Gasteiger partial charge in [-0.1, -0.05) is 51.3 Å². The van der Waals surface area contributed by atoms with Crippen LogP contribution in [0.25, 0.3) is 22.6 Å². The number of nitriles is 1. The maximum Gasteiger partial charge on any atom is 0.414 e. The summed E-state index contributed by atoms with van der Waals surface area (Å²) in [5.41, 5.74) is 5.30. The second-order valence-corrected chi connectivity index (χ2v) is 11.1. The van der Waals surface area contributed by atoms with Gasteiger partial charge >= 0.3 is 6.09 Å². The number of hydrogen-bond donors (Lipinski definition) is 1. The number of rotatable bonds is 6. The number of nitrogens with zero attached hydrogens (tertiary/aromatic N) is 3. The van der Waals surface area contributed by atoms with E-state index in [1.54, 1.807) is 11.0 Å². The molecule has 8 nitrogen and oxygen atoms in total. The zero-order valence-electron chi connectivity index (χ0n) is 24.1. The Morgan fingerprint density at radius 3 is 2.45 bits per heavy atom. The summed E-state index contributed by atoms with van der Waals surface area (Å²) in [4.78, 5) is 29.8. The van der Waals surface area contributed by atoms with Crippen molar-refractivity contribution in [2.75, 3.05) is 24.6 Å². The Bertz CT molecular complexity index is 1570. The van der Waals surface area contributed by atoms with E-state index in [-0.39, 0.29) is 17.9 Å². The standard InChI is InChI=1S/C25H27N3O2.C9H9NO2/c1-16(2)21-12-18(14-26)13-22-23(21)30-25(28-22)20-10-8-19(9-11-20)24(29)27-15-17-6-4-3-5-7-17;11-9-10(6-7-12-9)8-4-2-1-3-5-8/h8-13,16-17H,3-7,15H2,1-2H3,(H,27,29);1-5H,6-7H2. The molecule has 2 heterocycles. The van der Waals surface area contributed by atoms with Gasteiger partial charge in [-0.15, -0.1) is 0 Å². The lowest BCUT2D eigenvalue weighted by Crippen LogP contribution is -2.30. The van der Waals surface area contributed by atoms with Gasteiger partial charge in [0.2, 0.25) is 5.89 Å². The molecule has 1 N–H and O–H groups in total. The van der Waals surface area contributed by atoms with Gasteiger partial charge in [0.05, 0.1) is 18.2 Å². The lowest BCUT2D eigenvalue weighted by Gasteiger charge is -2.21. The number of oxazole rings is 1. The number of nitrogens with one attached hydrogen (secondary N) is 1. The van der Waals surface area contributed by atoms with Crippen LogP contribution in [0, 0.1) is 17.2 Å². The van der Waals surface area contributed by atoms with E-state index in [2.05, 4.69) is 30.2 Å². The minimum absolute atomic E-state index is 0.0366. The molecule has 3 aromatic carbocycles. The van der Waals surface area contributed by atoms with Crippen LogP contribution in [-0.4, -0.2) is 36.7 Å². The first-order chi connectivity index (χ1) is 20.4. The number of amides is 2. The van der Waals surface area contributed by atoms with E-state index in [0.717, 1.165) is 23.4 Å². The molecule has 0 unspecified atom stereocenters. The third kappa shape index (κ3) is 6.80. The molecule has 8 heteroatoms. The van der Waals surface area contributed by atoms with Gasteiger partial charge in [0.25, 0.3) is 5.91 Å². The van der Waals surface area contributed by atoms with Crippen molar-refractivity contribution in [3.8, 4) is 17.5 Å². The number of cyclic esters (lactones) is 1. The first kappa shape index (κ1) is 28.9. The van der Waals surface area contributed by atoms with Gasteiger partial charge in [-0.25, -0.2) is 9.78 Å². The minimum atomic E-state index is -0.249. The molecule has 1 saturated heterocycles. The average molecular weight is 565 g/mol. The van der Waals surface area contributed by atoms with E-state index in [0.29, 0.717) is 47.2 Å². The molecule has 4 aromatic rings. The number of aromatic nitrogens is 1. The number of carbonyl (C=O) groups is 2. The second-order valence-electron chi connectivity index (χ2n) is 11.1. The Hall–Kier alpha value is -4.64. The summed E-state index contributed by atoms with van der Waals surface area (Å²) in [7, 11) is 0. The molecule has 216 valence electrons. The van der Waals surface area contributed by atoms with Gasteiger partial charge in [-0.3, -0.25) is 9.69 Å². The summed E-state index contributed by atoms with van der Waals surface area (Å²) < 4.78 is 10.9. The molecule has 2 aliphatic rings. The van der Waals surface area contributed by atoms with Crippen LogP contribution >= 0.6 is 0 Å². The normalized spacial score (nSPS) is 15.2. The van der Waals surface area contributed by atoms with Gasteiger partial charge in [-0.05, 0) is 73.2 Å². The van der Waals surface area contributed by atoms with Crippen LogP contribution < -0.4 is 10.2 Å². The van der Waals surface area contributed by atoms with Crippen molar-refractivity contribution >= 4 is 28.8 Å². The number of fused-ring (bicyclic) bond motifs is 1. The van der Waals surface area contributed by atoms with E-state index in [1.165, 1.54) is 32.1 Å². The fourth-order valence-corrected chi connectivity index (χ4v) is 5.41. The first-order valence-electron chi connectivity index (χ1n) is 14.7. The molecule has 1 aliphatic carbocycles. The predicted molar refractivity (Wildman–Crippen MR) is 162 cm³/mol. The molecular weight excluding hydrogens is 528 g/mol. The van der Waals surface area contributed by atoms with Crippen LogP contribution in [0.2, 0.25) is 0 Å². The maximum atomic E-state index is 12.5. The number of ether oxygens (including phenoxy) is 1. The van der Waals surface area contributed by atoms with Crippen LogP contribution in [0.1, 0.15) is 73.4 Å². The zero-order chi connectivity index (χ0) is 29.5. The highest BCUT2D eigenvalue weighted by Crippen LogP contribution is 2.31. The molecule has 1 saturated carbocycles. The number of hydrogen-bond acceptors (Lipinski definition) is 6. The van der Waals surface area contributed by atoms with Crippen molar-refractivity contribution in [2.45, 2.75) is 51.9 Å². The zero-order valence-corrected chi connectivity index (χ0v) is 24.1. The van der Waals surface area contributed by atoms with Crippen molar-refractivity contribution in [1.82, 2.24) is 10.3 Å². The summed E-state index contributed by atoms with van der Waals surface area (Å²) >= 11 is 0. The number of para-hydroxylation sites is 1. The Labute approximate surface area is 246 Å². The first-order valence-corrected chi connectivity index (χ1v) is 14.7. The van der Waals surface area contributed by atoms with Gasteiger partial charge in [0.1, 0.15) is 12.1 Å². The third-order valence-electron chi connectivity index (χ3n) is 7.77. The van der Waals surface area contributed by atoms with Crippen LogP contribution in [0.5, 0.6) is 0 Å². The highest BCUT2D eigenvalue weighted by molar-refractivity contribution is 5.94. The topological polar surface area (TPSA) is 108 Å². The second kappa shape index (κ2) is 13.3. The SMILES string of the molecule is CC(C)c1cc(C#N)cc2nc(-c3ccc(C(=O)NCC4CCCCC4)cc3)oc12.O=C1OCCN1c1ccccc1. The van der Waals surface area contributed by atoms with Crippen molar-refractivity contribution in [3.63, 3.8) is 0 Å². The predicted octanol–water partition coefficient (Wildman–Crippen LogP) is 7.44. The van der Waals surface area contributed by atoms with Crippen molar-refractivity contribution < 1.29 is 18.7 Å². The molecule has 1 aromatic heterocycles. The van der Waals surface area contributed by atoms with Crippen molar-refractivity contribution in [3.05, 3.63) is 83.4 Å². The lowest BCUT2D eigenvalue weighted by molar-refractivity contribution is 0.0943. The Balaban J connectivity index is 0.000000244. The molecule has 0 atom stereocenters. The lowest BCUT2D eigenvalue weighted by atomic mass is 9.89. The molecule has 0 spiro atoms. The summed E-state index contributed by atoms with van der Waals surface area (Å²) in [6, 6.07) is 22.7. The summed E-state index contributed by atoms with van der Waals surface area (Å²) in [6.07, 6.45) is 6.03. The van der Waals surface area contributed by atoms with E-state index in [9.17, 15) is 14.9 Å². The van der Waals surface area contributed by atoms with Crippen molar-refractivity contribution in [2.24, 2.45) is 5.92 Å². The summed E-state index contributed by atoms with van der Waals surface area (Å²) in [5.74, 6) is 1.29. The fourth-order valence-electron chi connectivity index (χ4n) is 5.41. The average Bonchev–Trinajstić information content (AvgIpc) is 3.66. The Kier molecular flexibility index (Phi) is 9.18. The molecule has 1 aliphatic heterocycles. The molecule has 42 heavy (non-hydrogen) atoms. The van der Waals surface area contributed by atoms with Crippen LogP contribution in [0.15, 0.2) is 71.1 Å².